The van der Waals surface area contributed by atoms with Crippen LogP contribution in [-0.2, 0) is 35.2 Å². The van der Waals surface area contributed by atoms with Gasteiger partial charge in [-0.15, -0.1) is 0 Å². The molecule has 2 aromatic heterocycles. The van der Waals surface area contributed by atoms with Crippen molar-refractivity contribution in [3.63, 3.8) is 0 Å². The van der Waals surface area contributed by atoms with Crippen LogP contribution in [0.15, 0.2) is 77.5 Å². The molecular formula is C48H55ClFN7O9S. The molecule has 1 unspecified atom stereocenters. The van der Waals surface area contributed by atoms with Gasteiger partial charge in [0.1, 0.15) is 36.1 Å². The molecule has 67 heavy (non-hydrogen) atoms. The summed E-state index contributed by atoms with van der Waals surface area (Å²) in [6, 6.07) is 17.0. The van der Waals surface area contributed by atoms with E-state index >= 15 is 4.39 Å². The summed E-state index contributed by atoms with van der Waals surface area (Å²) in [4.78, 5) is 61.9. The number of β-amino-alcohol motifs (C(OH)–C–C–N with tert-alkyl or cyclic N) is 1. The number of nitrogens with one attached hydrogen (secondary N) is 2. The maximum Gasteiger partial charge on any atom is 0.259 e. The van der Waals surface area contributed by atoms with Gasteiger partial charge >= 0.3 is 0 Å². The number of rotatable bonds is 20. The number of amides is 4. The van der Waals surface area contributed by atoms with Crippen LogP contribution in [0, 0.1) is 22.6 Å². The molecule has 0 aliphatic carbocycles. The Hall–Kier alpha value is -5.97. The molecule has 4 aromatic rings. The molecule has 3 N–H and O–H groups in total. The summed E-state index contributed by atoms with van der Waals surface area (Å²) in [5.74, 6) is -1.59. The third kappa shape index (κ3) is 12.3. The summed E-state index contributed by atoms with van der Waals surface area (Å²) in [6.45, 7) is 9.94. The van der Waals surface area contributed by atoms with Crippen molar-refractivity contribution in [2.24, 2.45) is 5.41 Å². The van der Waals surface area contributed by atoms with E-state index < -0.39 is 52.7 Å². The first-order valence-electron chi connectivity index (χ1n) is 21.9. The molecule has 6 rings (SSSR count). The molecule has 2 aliphatic heterocycles. The van der Waals surface area contributed by atoms with Crippen LogP contribution in [0.1, 0.15) is 71.6 Å². The largest absolute Gasteiger partial charge is 0.491 e. The molecule has 0 bridgehead atoms. The van der Waals surface area contributed by atoms with Gasteiger partial charge in [0.05, 0.1) is 35.9 Å². The molecule has 2 aromatic carbocycles. The second kappa shape index (κ2) is 22.2. The first kappa shape index (κ1) is 50.4. The monoisotopic (exact) mass is 959 g/mol. The summed E-state index contributed by atoms with van der Waals surface area (Å²) in [5, 5.41) is 25.5. The molecule has 356 valence electrons. The van der Waals surface area contributed by atoms with E-state index in [0.717, 1.165) is 16.9 Å². The quantitative estimate of drug-likeness (QED) is 0.0658. The van der Waals surface area contributed by atoms with Crippen LogP contribution >= 0.6 is 23.8 Å². The number of aliphatic hydroxyl groups is 1. The number of nitrogens with zero attached hydrogens (tertiary/aromatic N) is 5. The van der Waals surface area contributed by atoms with Gasteiger partial charge in [0.2, 0.25) is 17.7 Å². The lowest BCUT2D eigenvalue weighted by atomic mass is 9.85. The van der Waals surface area contributed by atoms with Crippen LogP contribution in [0.5, 0.6) is 5.75 Å². The number of benzene rings is 2. The number of furan rings is 1. The molecule has 2 fully saturated rings. The molecular weight excluding hydrogens is 905 g/mol. The SMILES string of the molecule is CC(C)(C)C(NC(=O)COCCCOCCCCOc1ccc(N2C(=S)N(c3cnc(C#N)c(Cl)c3)C(=O)C2(C)C)cc1F)C(=O)N1C[C@H](O)C[C@H]1C(=O)NCc1ccc(-c2ccco2)cc1. The highest BCUT2D eigenvalue weighted by molar-refractivity contribution is 7.81. The number of carbonyl (C=O) groups is 4. The van der Waals surface area contributed by atoms with Gasteiger partial charge in [-0.3, -0.25) is 24.1 Å². The second-order valence-electron chi connectivity index (χ2n) is 17.8. The zero-order valence-electron chi connectivity index (χ0n) is 38.1. The average molecular weight is 961 g/mol. The highest BCUT2D eigenvalue weighted by Crippen LogP contribution is 2.38. The zero-order valence-corrected chi connectivity index (χ0v) is 39.6. The van der Waals surface area contributed by atoms with Crippen molar-refractivity contribution in [1.82, 2.24) is 20.5 Å². The first-order valence-corrected chi connectivity index (χ1v) is 22.7. The van der Waals surface area contributed by atoms with Crippen LogP contribution in [0.2, 0.25) is 5.02 Å². The fourth-order valence-electron chi connectivity index (χ4n) is 7.71. The minimum Gasteiger partial charge on any atom is -0.491 e. The number of aromatic nitrogens is 1. The molecule has 0 spiro atoms. The number of aliphatic hydroxyl groups excluding tert-OH is 1. The molecule has 2 aliphatic rings. The number of carbonyl (C=O) groups excluding carboxylic acids is 4. The molecule has 3 atom stereocenters. The van der Waals surface area contributed by atoms with E-state index in [1.807, 2.05) is 63.2 Å². The minimum absolute atomic E-state index is 0.0118. The minimum atomic E-state index is -1.17. The summed E-state index contributed by atoms with van der Waals surface area (Å²) >= 11 is 11.8. The van der Waals surface area contributed by atoms with Crippen molar-refractivity contribution in [2.45, 2.75) is 90.6 Å². The highest BCUT2D eigenvalue weighted by Gasteiger charge is 2.51. The van der Waals surface area contributed by atoms with Crippen molar-refractivity contribution in [1.29, 1.82) is 5.26 Å². The molecule has 0 saturated carbocycles. The Labute approximate surface area is 399 Å². The van der Waals surface area contributed by atoms with E-state index in [-0.39, 0.29) is 72.5 Å². The smallest absolute Gasteiger partial charge is 0.259 e. The van der Waals surface area contributed by atoms with Crippen LogP contribution < -0.4 is 25.2 Å². The highest BCUT2D eigenvalue weighted by atomic mass is 35.5. The number of pyridine rings is 1. The Morgan fingerprint density at radius 2 is 1.76 bits per heavy atom. The second-order valence-corrected chi connectivity index (χ2v) is 18.6. The Kier molecular flexibility index (Phi) is 16.7. The van der Waals surface area contributed by atoms with E-state index in [1.54, 1.807) is 31.1 Å². The Morgan fingerprint density at radius 1 is 1.04 bits per heavy atom. The van der Waals surface area contributed by atoms with E-state index in [0.29, 0.717) is 38.2 Å². The number of unbranched alkanes of at least 4 members (excludes halogenated alkanes) is 1. The van der Waals surface area contributed by atoms with Gasteiger partial charge in [-0.1, -0.05) is 56.6 Å². The predicted molar refractivity (Wildman–Crippen MR) is 251 cm³/mol. The number of thiocarbonyl (C=S) groups is 1. The third-order valence-corrected chi connectivity index (χ3v) is 11.9. The van der Waals surface area contributed by atoms with Crippen LogP contribution in [0.4, 0.5) is 15.8 Å². The molecule has 4 amide bonds. The molecule has 4 heterocycles. The molecule has 2 saturated heterocycles. The van der Waals surface area contributed by atoms with Gasteiger partial charge in [-0.2, -0.15) is 5.26 Å². The number of hydrogen-bond acceptors (Lipinski definition) is 12. The summed E-state index contributed by atoms with van der Waals surface area (Å²) in [7, 11) is 0. The van der Waals surface area contributed by atoms with E-state index in [1.165, 1.54) is 34.2 Å². The van der Waals surface area contributed by atoms with Gasteiger partial charge in [0.25, 0.3) is 5.91 Å². The number of ether oxygens (including phenoxy) is 3. The van der Waals surface area contributed by atoms with E-state index in [9.17, 15) is 29.5 Å². The van der Waals surface area contributed by atoms with Crippen molar-refractivity contribution in [3.8, 4) is 23.1 Å². The number of halogens is 2. The van der Waals surface area contributed by atoms with Gasteiger partial charge < -0.3 is 44.2 Å². The maximum absolute atomic E-state index is 15.3. The fourth-order valence-corrected chi connectivity index (χ4v) is 8.44. The Balaban J connectivity index is 0.866. The Bertz CT molecular complexity index is 2460. The zero-order chi connectivity index (χ0) is 48.5. The fraction of sp³-hybridized carbons (Fsp3) is 0.438. The predicted octanol–water partition coefficient (Wildman–Crippen LogP) is 6.31. The standard InChI is InChI=1S/C48H55ClFN7O9S/c1-47(2,3)42(44(61)55-28-34(58)24-38(55)43(60)53-26-30-11-13-31(14-12-30)39-10-8-21-65-39)54-41(59)29-64-19-9-18-63-17-6-7-20-66-40-16-15-32(23-36(40)50)57-46(67)56(45(62)48(57,4)5)33-22-35(49)37(25-51)52-27-33/h8,10-16,21-23,27,34,38,42,58H,6-7,9,17-20,24,26,28-29H2,1-5H3,(H,53,60)(H,54,59)/t34-,38+,42?/m1/s1. The lowest BCUT2D eigenvalue weighted by Crippen LogP contribution is -2.58. The Morgan fingerprint density at radius 3 is 2.43 bits per heavy atom. The van der Waals surface area contributed by atoms with Crippen molar-refractivity contribution in [2.75, 3.05) is 49.4 Å². The summed E-state index contributed by atoms with van der Waals surface area (Å²) in [5.41, 5.74) is 0.512. The van der Waals surface area contributed by atoms with Crippen LogP contribution in [0.25, 0.3) is 11.3 Å². The maximum atomic E-state index is 15.3. The number of likely N-dealkylation sites (tertiary alicyclic amines) is 1. The van der Waals surface area contributed by atoms with Crippen LogP contribution in [-0.4, -0.2) is 107 Å². The van der Waals surface area contributed by atoms with Crippen LogP contribution in [0.3, 0.4) is 0 Å². The molecule has 0 radical (unpaired) electrons. The topological polar surface area (TPSA) is 200 Å². The summed E-state index contributed by atoms with van der Waals surface area (Å²) < 4.78 is 37.7. The number of nitriles is 1. The number of anilines is 2. The lowest BCUT2D eigenvalue weighted by Gasteiger charge is -2.35. The molecule has 16 nitrogen and oxygen atoms in total. The van der Waals surface area contributed by atoms with E-state index in [2.05, 4.69) is 15.6 Å². The average Bonchev–Trinajstić information content (AvgIpc) is 4.01. The first-order chi connectivity index (χ1) is 31.9. The van der Waals surface area contributed by atoms with E-state index in [4.69, 9.17) is 42.4 Å². The van der Waals surface area contributed by atoms with Crippen molar-refractivity contribution >= 4 is 63.9 Å². The normalized spacial score (nSPS) is 17.4. The molecule has 19 heteroatoms. The van der Waals surface area contributed by atoms with Gasteiger partial charge in [-0.25, -0.2) is 9.37 Å². The third-order valence-electron chi connectivity index (χ3n) is 11.3. The van der Waals surface area contributed by atoms with Gasteiger partial charge in [-0.05, 0) is 86.6 Å². The summed E-state index contributed by atoms with van der Waals surface area (Å²) in [6.07, 6.45) is 3.86. The van der Waals surface area contributed by atoms with Gasteiger partial charge in [0, 0.05) is 56.6 Å². The lowest BCUT2D eigenvalue weighted by molar-refractivity contribution is -0.144. The van der Waals surface area contributed by atoms with Crippen molar-refractivity contribution < 1.29 is 47.3 Å². The number of hydrogen-bond donors (Lipinski definition) is 3. The van der Waals surface area contributed by atoms with Gasteiger partial charge in [0.15, 0.2) is 22.4 Å². The van der Waals surface area contributed by atoms with Crippen molar-refractivity contribution in [3.05, 3.63) is 95.2 Å².